The number of amides is 2. The number of guanidine groups is 1. The summed E-state index contributed by atoms with van der Waals surface area (Å²) < 4.78 is 10.4. The van der Waals surface area contributed by atoms with Crippen molar-refractivity contribution in [3.8, 4) is 0 Å². The van der Waals surface area contributed by atoms with Gasteiger partial charge in [-0.3, -0.25) is 4.99 Å². The summed E-state index contributed by atoms with van der Waals surface area (Å²) in [5.41, 5.74) is 5.46. The number of likely N-dealkylation sites (tertiary alicyclic amines) is 1. The molecule has 9 nitrogen and oxygen atoms in total. The number of carbonyl (C=O) groups is 2. The topological polar surface area (TPSA) is 109 Å². The molecule has 1 fully saturated rings. The van der Waals surface area contributed by atoms with Crippen molar-refractivity contribution in [2.45, 2.75) is 65.5 Å². The Bertz CT molecular complexity index is 531. The molecule has 0 unspecified atom stereocenters. The van der Waals surface area contributed by atoms with Crippen LogP contribution in [0.25, 0.3) is 0 Å². The molecule has 170 valence electrons. The normalized spacial score (nSPS) is 15.3. The first kappa shape index (κ1) is 27.5. The quantitative estimate of drug-likeness (QED) is 0.300. The van der Waals surface area contributed by atoms with Crippen molar-refractivity contribution in [1.29, 1.82) is 0 Å². The number of nitrogens with zero attached hydrogens (tertiary/aromatic N) is 3. The highest BCUT2D eigenvalue weighted by atomic mass is 127. The van der Waals surface area contributed by atoms with E-state index in [0.29, 0.717) is 45.3 Å². The summed E-state index contributed by atoms with van der Waals surface area (Å²) in [5.74, 6) is 0.357. The van der Waals surface area contributed by atoms with Crippen molar-refractivity contribution in [3.05, 3.63) is 0 Å². The molecule has 0 saturated carbocycles. The molecule has 1 saturated heterocycles. The van der Waals surface area contributed by atoms with E-state index in [-0.39, 0.29) is 42.2 Å². The molecular weight excluding hydrogens is 489 g/mol. The second kappa shape index (κ2) is 13.7. The molecule has 1 heterocycles. The third kappa shape index (κ3) is 11.3. The minimum Gasteiger partial charge on any atom is -0.450 e. The van der Waals surface area contributed by atoms with Crippen molar-refractivity contribution in [2.24, 2.45) is 10.7 Å². The van der Waals surface area contributed by atoms with Crippen LogP contribution >= 0.6 is 24.0 Å². The van der Waals surface area contributed by atoms with E-state index in [0.717, 1.165) is 19.3 Å². The van der Waals surface area contributed by atoms with Gasteiger partial charge < -0.3 is 30.3 Å². The van der Waals surface area contributed by atoms with Crippen LogP contribution in [0.5, 0.6) is 0 Å². The number of piperidine rings is 1. The van der Waals surface area contributed by atoms with Crippen LogP contribution in [0.3, 0.4) is 0 Å². The second-order valence-corrected chi connectivity index (χ2v) is 7.84. The van der Waals surface area contributed by atoms with Crippen molar-refractivity contribution in [3.63, 3.8) is 0 Å². The largest absolute Gasteiger partial charge is 0.450 e. The Morgan fingerprint density at radius 1 is 1.21 bits per heavy atom. The van der Waals surface area contributed by atoms with E-state index in [9.17, 15) is 9.59 Å². The van der Waals surface area contributed by atoms with Gasteiger partial charge in [0.2, 0.25) is 0 Å². The number of hydrogen-bond acceptors (Lipinski definition) is 5. The highest BCUT2D eigenvalue weighted by Crippen LogP contribution is 2.12. The molecule has 0 radical (unpaired) electrons. The summed E-state index contributed by atoms with van der Waals surface area (Å²) in [6.45, 7) is 12.5. The van der Waals surface area contributed by atoms with Crippen LogP contribution in [0, 0.1) is 0 Å². The van der Waals surface area contributed by atoms with Crippen molar-refractivity contribution < 1.29 is 19.1 Å². The minimum atomic E-state index is -0.522. The Morgan fingerprint density at radius 2 is 1.83 bits per heavy atom. The molecule has 29 heavy (non-hydrogen) atoms. The number of rotatable bonds is 7. The lowest BCUT2D eigenvalue weighted by Gasteiger charge is -2.31. The summed E-state index contributed by atoms with van der Waals surface area (Å²) in [6.07, 6.45) is 1.82. The van der Waals surface area contributed by atoms with Gasteiger partial charge in [-0.15, -0.1) is 24.0 Å². The van der Waals surface area contributed by atoms with E-state index in [1.807, 2.05) is 27.7 Å². The van der Waals surface area contributed by atoms with Gasteiger partial charge in [0.1, 0.15) is 5.60 Å². The van der Waals surface area contributed by atoms with Gasteiger partial charge >= 0.3 is 12.2 Å². The van der Waals surface area contributed by atoms with Crippen LogP contribution in [0.2, 0.25) is 0 Å². The van der Waals surface area contributed by atoms with E-state index in [4.69, 9.17) is 15.2 Å². The fraction of sp³-hybridized carbons (Fsp3) is 0.842. The molecule has 1 aliphatic heterocycles. The number of nitrogens with one attached hydrogen (secondary N) is 1. The lowest BCUT2D eigenvalue weighted by Crippen LogP contribution is -2.48. The molecule has 3 N–H and O–H groups in total. The average Bonchev–Trinajstić information content (AvgIpc) is 2.60. The van der Waals surface area contributed by atoms with Crippen LogP contribution in [0.15, 0.2) is 4.99 Å². The van der Waals surface area contributed by atoms with Crippen LogP contribution in [-0.2, 0) is 9.47 Å². The molecule has 10 heteroatoms. The maximum Gasteiger partial charge on any atom is 0.410 e. The lowest BCUT2D eigenvalue weighted by atomic mass is 10.1. The molecule has 0 aromatic rings. The average molecular weight is 527 g/mol. The van der Waals surface area contributed by atoms with Crippen molar-refractivity contribution in [1.82, 2.24) is 15.1 Å². The fourth-order valence-electron chi connectivity index (χ4n) is 2.86. The summed E-state index contributed by atoms with van der Waals surface area (Å²) in [5, 5.41) is 3.20. The molecule has 1 aliphatic rings. The molecule has 1 rings (SSSR count). The Kier molecular flexibility index (Phi) is 13.0. The third-order valence-electron chi connectivity index (χ3n) is 4.17. The number of carbonyl (C=O) groups excluding carboxylic acids is 2. The second-order valence-electron chi connectivity index (χ2n) is 7.84. The van der Waals surface area contributed by atoms with Gasteiger partial charge in [-0.25, -0.2) is 9.59 Å². The lowest BCUT2D eigenvalue weighted by molar-refractivity contribution is 0.0255. The van der Waals surface area contributed by atoms with Crippen molar-refractivity contribution >= 4 is 42.1 Å². The van der Waals surface area contributed by atoms with Gasteiger partial charge in [-0.05, 0) is 47.0 Å². The van der Waals surface area contributed by atoms with Crippen LogP contribution in [0.1, 0.15) is 53.9 Å². The molecule has 0 atom stereocenters. The van der Waals surface area contributed by atoms with Gasteiger partial charge in [0.15, 0.2) is 5.96 Å². The van der Waals surface area contributed by atoms with Gasteiger partial charge in [0, 0.05) is 32.2 Å². The molecule has 0 aliphatic carbocycles. The molecule has 0 aromatic carbocycles. The van der Waals surface area contributed by atoms with Gasteiger partial charge in [-0.1, -0.05) is 6.92 Å². The Hall–Kier alpha value is -1.46. The molecule has 0 bridgehead atoms. The zero-order valence-electron chi connectivity index (χ0n) is 18.4. The van der Waals surface area contributed by atoms with Crippen LogP contribution in [0.4, 0.5) is 9.59 Å². The highest BCUT2D eigenvalue weighted by Gasteiger charge is 2.24. The number of nitrogens with two attached hydrogens (primary N) is 1. The summed E-state index contributed by atoms with van der Waals surface area (Å²) in [4.78, 5) is 31.7. The summed E-state index contributed by atoms with van der Waals surface area (Å²) in [7, 11) is 0. The van der Waals surface area contributed by atoms with Gasteiger partial charge in [0.25, 0.3) is 0 Å². The predicted octanol–water partition coefficient (Wildman–Crippen LogP) is 2.78. The predicted molar refractivity (Wildman–Crippen MR) is 125 cm³/mol. The maximum atomic E-state index is 12.2. The van der Waals surface area contributed by atoms with Crippen LogP contribution < -0.4 is 11.1 Å². The first-order valence-electron chi connectivity index (χ1n) is 10.1. The number of hydrogen-bond donors (Lipinski definition) is 2. The van der Waals surface area contributed by atoms with Crippen molar-refractivity contribution in [2.75, 3.05) is 39.3 Å². The highest BCUT2D eigenvalue weighted by molar-refractivity contribution is 14.0. The third-order valence-corrected chi connectivity index (χ3v) is 4.17. The van der Waals surface area contributed by atoms with E-state index in [1.165, 1.54) is 0 Å². The number of ether oxygens (including phenoxy) is 2. The molecule has 0 aromatic heterocycles. The van der Waals surface area contributed by atoms with Gasteiger partial charge in [-0.2, -0.15) is 0 Å². The monoisotopic (exact) mass is 527 g/mol. The fourth-order valence-corrected chi connectivity index (χ4v) is 2.86. The standard InChI is InChI=1S/C19H37N5O4.HI/c1-6-11-23(18(26)28-19(3,4)5)14-10-21-16(20)22-15-8-12-24(13-9-15)17(25)27-7-2;/h15H,6-14H2,1-5H3,(H3,20,21,22);1H. The summed E-state index contributed by atoms with van der Waals surface area (Å²) in [6, 6.07) is 0.173. The van der Waals surface area contributed by atoms with Gasteiger partial charge in [0.05, 0.1) is 13.2 Å². The van der Waals surface area contributed by atoms with Crippen LogP contribution in [-0.4, -0.2) is 78.9 Å². The zero-order valence-corrected chi connectivity index (χ0v) is 20.7. The summed E-state index contributed by atoms with van der Waals surface area (Å²) >= 11 is 0. The molecule has 2 amide bonds. The first-order valence-corrected chi connectivity index (χ1v) is 10.1. The Morgan fingerprint density at radius 3 is 2.34 bits per heavy atom. The number of aliphatic imine (C=N–C) groups is 1. The zero-order chi connectivity index (χ0) is 21.2. The maximum absolute atomic E-state index is 12.2. The Labute approximate surface area is 191 Å². The SMILES string of the molecule is CCCN(CCN=C(N)NC1CCN(C(=O)OCC)CC1)C(=O)OC(C)(C)C.I. The minimum absolute atomic E-state index is 0. The molecular formula is C19H38IN5O4. The Balaban J connectivity index is 0.00000784. The number of halogens is 1. The van der Waals surface area contributed by atoms with E-state index in [1.54, 1.807) is 16.7 Å². The van der Waals surface area contributed by atoms with E-state index in [2.05, 4.69) is 10.3 Å². The smallest absolute Gasteiger partial charge is 0.410 e. The molecule has 0 spiro atoms. The van der Waals surface area contributed by atoms with E-state index < -0.39 is 5.60 Å². The van der Waals surface area contributed by atoms with E-state index >= 15 is 0 Å². The first-order chi connectivity index (χ1) is 13.2.